The Morgan fingerprint density at radius 3 is 2.27 bits per heavy atom. The Kier molecular flexibility index (Phi) is 7.94. The summed E-state index contributed by atoms with van der Waals surface area (Å²) in [6, 6.07) is 25.1. The molecule has 0 bridgehead atoms. The molecule has 3 aromatic carbocycles. The minimum absolute atomic E-state index is 0.0408. The van der Waals surface area contributed by atoms with Gasteiger partial charge >= 0.3 is 5.97 Å². The highest BCUT2D eigenvalue weighted by Crippen LogP contribution is 2.42. The van der Waals surface area contributed by atoms with Gasteiger partial charge in [-0.1, -0.05) is 62.4 Å². The third-order valence-corrected chi connectivity index (χ3v) is 6.87. The number of cyclic esters (lactones) is 1. The highest BCUT2D eigenvalue weighted by molar-refractivity contribution is 6.12. The second kappa shape index (κ2) is 11.7. The molecule has 1 aliphatic rings. The molecule has 6 nitrogen and oxygen atoms in total. The number of aliphatic hydroxyl groups excluding tert-OH is 1. The first-order chi connectivity index (χ1) is 19.3. The number of rotatable bonds is 7. The predicted octanol–water partition coefficient (Wildman–Crippen LogP) is 6.92. The molecule has 0 aliphatic carbocycles. The van der Waals surface area contributed by atoms with E-state index < -0.39 is 12.1 Å². The van der Waals surface area contributed by atoms with Crippen LogP contribution < -0.4 is 5.32 Å². The van der Waals surface area contributed by atoms with Crippen LogP contribution in [0.1, 0.15) is 48.7 Å². The zero-order chi connectivity index (χ0) is 28.2. The summed E-state index contributed by atoms with van der Waals surface area (Å²) in [4.78, 5) is 26.1. The van der Waals surface area contributed by atoms with Crippen LogP contribution in [-0.4, -0.2) is 27.7 Å². The molecule has 2 N–H and O–H groups in total. The molecule has 1 atom stereocenters. The van der Waals surface area contributed by atoms with Gasteiger partial charge in [0.2, 0.25) is 0 Å². The van der Waals surface area contributed by atoms with E-state index in [-0.39, 0.29) is 37.0 Å². The van der Waals surface area contributed by atoms with Gasteiger partial charge in [0, 0.05) is 29.9 Å². The quantitative estimate of drug-likeness (QED) is 0.250. The van der Waals surface area contributed by atoms with Crippen molar-refractivity contribution in [2.24, 2.45) is 0 Å². The Bertz CT molecular complexity index is 1540. The van der Waals surface area contributed by atoms with Crippen LogP contribution in [0.2, 0.25) is 0 Å². The summed E-state index contributed by atoms with van der Waals surface area (Å²) in [6.45, 7) is 4.31. The van der Waals surface area contributed by atoms with Crippen molar-refractivity contribution >= 4 is 17.6 Å². The number of nitrogens with one attached hydrogen (secondary N) is 1. The fourth-order valence-electron chi connectivity index (χ4n) is 5.21. The van der Waals surface area contributed by atoms with Crippen LogP contribution in [0.15, 0.2) is 96.8 Å². The molecule has 1 aliphatic heterocycles. The average Bonchev–Trinajstić information content (AvgIpc) is 3.28. The Morgan fingerprint density at radius 2 is 1.65 bits per heavy atom. The normalized spacial score (nSPS) is 16.3. The number of halogens is 1. The van der Waals surface area contributed by atoms with Crippen molar-refractivity contribution in [2.75, 3.05) is 5.32 Å². The Hall–Kier alpha value is -4.49. The molecule has 1 amide bonds. The number of hydrogen-bond donors (Lipinski definition) is 2. The third-order valence-electron chi connectivity index (χ3n) is 6.87. The Morgan fingerprint density at radius 1 is 1.00 bits per heavy atom. The lowest BCUT2D eigenvalue weighted by Crippen LogP contribution is -2.23. The van der Waals surface area contributed by atoms with Gasteiger partial charge in [0.15, 0.2) is 0 Å². The molecule has 4 aromatic rings. The second-order valence-electron chi connectivity index (χ2n) is 10.1. The number of aromatic nitrogens is 1. The number of benzene rings is 3. The number of hydrogen-bond acceptors (Lipinski definition) is 4. The van der Waals surface area contributed by atoms with Crippen molar-refractivity contribution < 1.29 is 23.8 Å². The number of para-hydroxylation sites is 1. The van der Waals surface area contributed by atoms with Crippen LogP contribution in [0.5, 0.6) is 0 Å². The standard InChI is InChI=1S/C33H31FN2O4/c1-21(2)31-30(33(39)35-25-11-7-4-8-12-25)29(22-9-5-3-6-10-22)32(23-13-15-24(34)16-14-23)36(31)18-17-27-19-26(37)20-28(38)40-27/h3-17,21,26,37H,18-20H2,1-2H3,(H,35,39)/b27-17+/t26-/m1/s1. The summed E-state index contributed by atoms with van der Waals surface area (Å²) in [5, 5.41) is 13.2. The van der Waals surface area contributed by atoms with E-state index in [2.05, 4.69) is 5.32 Å². The van der Waals surface area contributed by atoms with Crippen molar-refractivity contribution in [1.82, 2.24) is 4.57 Å². The van der Waals surface area contributed by atoms with Gasteiger partial charge in [-0.05, 0) is 59.5 Å². The van der Waals surface area contributed by atoms with E-state index in [0.717, 1.165) is 28.1 Å². The van der Waals surface area contributed by atoms with Gasteiger partial charge in [0.1, 0.15) is 11.6 Å². The molecule has 1 aromatic heterocycles. The van der Waals surface area contributed by atoms with Crippen molar-refractivity contribution in [1.29, 1.82) is 0 Å². The monoisotopic (exact) mass is 538 g/mol. The molecule has 0 radical (unpaired) electrons. The van der Waals surface area contributed by atoms with Gasteiger partial charge in [-0.15, -0.1) is 0 Å². The largest absolute Gasteiger partial charge is 0.431 e. The zero-order valence-electron chi connectivity index (χ0n) is 22.4. The lowest BCUT2D eigenvalue weighted by atomic mass is 9.94. The maximum Gasteiger partial charge on any atom is 0.313 e. The number of esters is 1. The molecule has 2 heterocycles. The summed E-state index contributed by atoms with van der Waals surface area (Å²) in [5.41, 5.74) is 5.01. The number of allylic oxidation sites excluding steroid dienone is 1. The average molecular weight is 539 g/mol. The highest BCUT2D eigenvalue weighted by Gasteiger charge is 2.31. The summed E-state index contributed by atoms with van der Waals surface area (Å²) in [5.74, 6) is -0.796. The molecule has 204 valence electrons. The van der Waals surface area contributed by atoms with E-state index in [1.54, 1.807) is 18.2 Å². The molecule has 1 saturated heterocycles. The third kappa shape index (κ3) is 5.75. The molecular weight excluding hydrogens is 507 g/mol. The number of carbonyl (C=O) groups excluding carboxylic acids is 2. The van der Waals surface area contributed by atoms with Crippen LogP contribution in [0.4, 0.5) is 10.1 Å². The van der Waals surface area contributed by atoms with Crippen LogP contribution in [0.3, 0.4) is 0 Å². The van der Waals surface area contributed by atoms with Gasteiger partial charge in [-0.25, -0.2) is 4.39 Å². The van der Waals surface area contributed by atoms with E-state index in [4.69, 9.17) is 4.74 Å². The minimum atomic E-state index is -0.801. The predicted molar refractivity (Wildman–Crippen MR) is 153 cm³/mol. The molecule has 0 unspecified atom stereocenters. The van der Waals surface area contributed by atoms with E-state index >= 15 is 0 Å². The number of anilines is 1. The zero-order valence-corrected chi connectivity index (χ0v) is 22.4. The van der Waals surface area contributed by atoms with Crippen molar-refractivity contribution in [3.8, 4) is 22.4 Å². The summed E-state index contributed by atoms with van der Waals surface area (Å²) < 4.78 is 21.5. The van der Waals surface area contributed by atoms with Gasteiger partial charge in [-0.3, -0.25) is 9.59 Å². The summed E-state index contributed by atoms with van der Waals surface area (Å²) >= 11 is 0. The molecule has 0 saturated carbocycles. The maximum absolute atomic E-state index is 14.1. The number of aliphatic hydroxyl groups is 1. The molecule has 1 fully saturated rings. The van der Waals surface area contributed by atoms with Gasteiger partial charge < -0.3 is 19.7 Å². The maximum atomic E-state index is 14.1. The fourth-order valence-corrected chi connectivity index (χ4v) is 5.21. The van der Waals surface area contributed by atoms with Crippen LogP contribution in [-0.2, 0) is 16.1 Å². The Balaban J connectivity index is 1.76. The first kappa shape index (κ1) is 27.1. The van der Waals surface area contributed by atoms with Crippen molar-refractivity contribution in [3.05, 3.63) is 114 Å². The second-order valence-corrected chi connectivity index (χ2v) is 10.1. The highest BCUT2D eigenvalue weighted by atomic mass is 19.1. The van der Waals surface area contributed by atoms with E-state index in [0.29, 0.717) is 17.0 Å². The number of amides is 1. The van der Waals surface area contributed by atoms with Gasteiger partial charge in [0.25, 0.3) is 5.91 Å². The smallest absolute Gasteiger partial charge is 0.313 e. The molecule has 5 rings (SSSR count). The first-order valence-corrected chi connectivity index (χ1v) is 13.3. The molecular formula is C33H31FN2O4. The first-order valence-electron chi connectivity index (χ1n) is 13.3. The van der Waals surface area contributed by atoms with Crippen molar-refractivity contribution in [2.45, 2.75) is 45.3 Å². The fraction of sp³-hybridized carbons (Fsp3) is 0.212. The number of nitrogens with zero attached hydrogens (tertiary/aromatic N) is 1. The van der Waals surface area contributed by atoms with Crippen LogP contribution >= 0.6 is 0 Å². The van der Waals surface area contributed by atoms with Gasteiger partial charge in [0.05, 0.1) is 23.8 Å². The lowest BCUT2D eigenvalue weighted by molar-refractivity contribution is -0.145. The molecule has 0 spiro atoms. The van der Waals surface area contributed by atoms with E-state index in [1.165, 1.54) is 12.1 Å². The number of ether oxygens (including phenoxy) is 1. The van der Waals surface area contributed by atoms with E-state index in [1.807, 2.05) is 79.1 Å². The van der Waals surface area contributed by atoms with Crippen LogP contribution in [0.25, 0.3) is 22.4 Å². The van der Waals surface area contributed by atoms with Crippen molar-refractivity contribution in [3.63, 3.8) is 0 Å². The number of carbonyl (C=O) groups is 2. The SMILES string of the molecule is CC(C)c1c(C(=O)Nc2ccccc2)c(-c2ccccc2)c(-c2ccc(F)cc2)n1C/C=C1\C[C@@H](O)CC(=O)O1. The molecule has 40 heavy (non-hydrogen) atoms. The minimum Gasteiger partial charge on any atom is -0.431 e. The summed E-state index contributed by atoms with van der Waals surface area (Å²) in [7, 11) is 0. The summed E-state index contributed by atoms with van der Waals surface area (Å²) in [6.07, 6.45) is 1.15. The Labute approximate surface area is 232 Å². The van der Waals surface area contributed by atoms with Crippen LogP contribution in [0, 0.1) is 5.82 Å². The lowest BCUT2D eigenvalue weighted by Gasteiger charge is -2.20. The topological polar surface area (TPSA) is 80.6 Å². The van der Waals surface area contributed by atoms with Gasteiger partial charge in [-0.2, -0.15) is 0 Å². The van der Waals surface area contributed by atoms with E-state index in [9.17, 15) is 19.1 Å². The molecule has 7 heteroatoms.